The second-order valence-corrected chi connectivity index (χ2v) is 6.73. The van der Waals surface area contributed by atoms with Crippen LogP contribution in [0.3, 0.4) is 0 Å². The summed E-state index contributed by atoms with van der Waals surface area (Å²) < 4.78 is 11.3. The maximum Gasteiger partial charge on any atom is 0.0931 e. The first-order valence-electron chi connectivity index (χ1n) is 6.75. The average molecular weight is 321 g/mol. The number of methoxy groups -OCH3 is 2. The van der Waals surface area contributed by atoms with E-state index in [0.29, 0.717) is 13.2 Å². The normalized spacial score (nSPS) is 16.4. The lowest BCUT2D eigenvalue weighted by Gasteiger charge is -2.37. The number of hydrogen-bond acceptors (Lipinski definition) is 5. The van der Waals surface area contributed by atoms with Gasteiger partial charge in [-0.05, 0) is 26.0 Å². The van der Waals surface area contributed by atoms with Crippen molar-refractivity contribution in [3.63, 3.8) is 0 Å². The highest BCUT2D eigenvalue weighted by Gasteiger charge is 2.29. The van der Waals surface area contributed by atoms with Gasteiger partial charge in [-0.3, -0.25) is 4.90 Å². The van der Waals surface area contributed by atoms with Crippen LogP contribution in [0.15, 0.2) is 12.1 Å². The third-order valence-corrected chi connectivity index (χ3v) is 4.57. The smallest absolute Gasteiger partial charge is 0.0931 e. The van der Waals surface area contributed by atoms with Gasteiger partial charge in [0, 0.05) is 37.7 Å². The maximum atomic E-state index is 6.22. The summed E-state index contributed by atoms with van der Waals surface area (Å²) in [5, 5.41) is 0. The molecule has 0 fully saturated rings. The van der Waals surface area contributed by atoms with Gasteiger partial charge in [-0.15, -0.1) is 11.3 Å². The summed E-state index contributed by atoms with van der Waals surface area (Å²) >= 11 is 7.65. The summed E-state index contributed by atoms with van der Waals surface area (Å²) in [7, 11) is 3.43. The number of hydrogen-bond donors (Lipinski definition) is 1. The fourth-order valence-corrected chi connectivity index (χ4v) is 3.68. The Kier molecular flexibility index (Phi) is 8.02. The predicted octanol–water partition coefficient (Wildman–Crippen LogP) is 2.77. The van der Waals surface area contributed by atoms with Crippen LogP contribution >= 0.6 is 22.9 Å². The van der Waals surface area contributed by atoms with Gasteiger partial charge in [-0.1, -0.05) is 11.6 Å². The zero-order valence-corrected chi connectivity index (χ0v) is 14.2. The molecule has 1 rings (SSSR count). The Morgan fingerprint density at radius 2 is 2.00 bits per heavy atom. The first-order chi connectivity index (χ1) is 9.51. The molecule has 0 radical (unpaired) electrons. The van der Waals surface area contributed by atoms with E-state index in [-0.39, 0.29) is 18.1 Å². The summed E-state index contributed by atoms with van der Waals surface area (Å²) in [6, 6.07) is 4.35. The molecular formula is C14H25ClN2O2S. The number of rotatable bonds is 9. The first kappa shape index (κ1) is 17.9. The molecule has 3 unspecified atom stereocenters. The highest BCUT2D eigenvalue weighted by atomic mass is 35.5. The molecule has 6 heteroatoms. The minimum Gasteiger partial charge on any atom is -0.383 e. The Balaban J connectivity index is 2.97. The Labute approximate surface area is 130 Å². The number of ether oxygens (including phenoxy) is 2. The van der Waals surface area contributed by atoms with Gasteiger partial charge in [0.05, 0.1) is 23.6 Å². The molecule has 20 heavy (non-hydrogen) atoms. The van der Waals surface area contributed by atoms with Crippen LogP contribution in [0.2, 0.25) is 4.34 Å². The first-order valence-corrected chi connectivity index (χ1v) is 7.95. The highest BCUT2D eigenvalue weighted by molar-refractivity contribution is 7.16. The van der Waals surface area contributed by atoms with E-state index in [1.165, 1.54) is 4.88 Å². The van der Waals surface area contributed by atoms with Gasteiger partial charge in [0.15, 0.2) is 0 Å². The number of nitrogens with two attached hydrogens (primary N) is 1. The lowest BCUT2D eigenvalue weighted by atomic mass is 10.0. The Morgan fingerprint density at radius 3 is 2.45 bits per heavy atom. The number of thiophene rings is 1. The standard InChI is InChI=1S/C14H25ClN2O2S/c1-10(9-19-4)17(7-8-18-3)14(11(2)16)12-5-6-13(15)20-12/h5-6,10-11,14H,7-9,16H2,1-4H3. The van der Waals surface area contributed by atoms with Gasteiger partial charge in [0.1, 0.15) is 0 Å². The van der Waals surface area contributed by atoms with Crippen molar-refractivity contribution in [2.24, 2.45) is 5.73 Å². The molecule has 0 saturated heterocycles. The molecule has 0 amide bonds. The Morgan fingerprint density at radius 1 is 1.30 bits per heavy atom. The molecule has 0 bridgehead atoms. The van der Waals surface area contributed by atoms with Gasteiger partial charge in [0.25, 0.3) is 0 Å². The molecular weight excluding hydrogens is 296 g/mol. The van der Waals surface area contributed by atoms with Crippen molar-refractivity contribution in [1.82, 2.24) is 4.90 Å². The average Bonchev–Trinajstić information content (AvgIpc) is 2.80. The van der Waals surface area contributed by atoms with E-state index in [2.05, 4.69) is 17.9 Å². The van der Waals surface area contributed by atoms with Crippen LogP contribution in [0.25, 0.3) is 0 Å². The minimum atomic E-state index is 0.000814. The van der Waals surface area contributed by atoms with Gasteiger partial charge in [0.2, 0.25) is 0 Å². The van der Waals surface area contributed by atoms with Crippen LogP contribution < -0.4 is 5.73 Å². The van der Waals surface area contributed by atoms with Crippen molar-refractivity contribution in [1.29, 1.82) is 0 Å². The summed E-state index contributed by atoms with van der Waals surface area (Å²) in [4.78, 5) is 3.52. The molecule has 1 heterocycles. The zero-order valence-electron chi connectivity index (χ0n) is 12.6. The molecule has 2 N–H and O–H groups in total. The predicted molar refractivity (Wildman–Crippen MR) is 85.6 cm³/mol. The van der Waals surface area contributed by atoms with Crippen molar-refractivity contribution in [3.8, 4) is 0 Å². The second-order valence-electron chi connectivity index (χ2n) is 4.98. The van der Waals surface area contributed by atoms with Crippen molar-refractivity contribution in [2.75, 3.05) is 34.0 Å². The third-order valence-electron chi connectivity index (χ3n) is 3.27. The van der Waals surface area contributed by atoms with Crippen LogP contribution in [-0.4, -0.2) is 51.0 Å². The van der Waals surface area contributed by atoms with Crippen molar-refractivity contribution >= 4 is 22.9 Å². The van der Waals surface area contributed by atoms with Crippen LogP contribution in [-0.2, 0) is 9.47 Å². The quantitative estimate of drug-likeness (QED) is 0.760. The highest BCUT2D eigenvalue weighted by Crippen LogP contribution is 2.33. The number of nitrogens with zero attached hydrogens (tertiary/aromatic N) is 1. The van der Waals surface area contributed by atoms with Gasteiger partial charge >= 0.3 is 0 Å². The van der Waals surface area contributed by atoms with E-state index in [9.17, 15) is 0 Å². The molecule has 116 valence electrons. The van der Waals surface area contributed by atoms with Gasteiger partial charge < -0.3 is 15.2 Å². The molecule has 3 atom stereocenters. The third kappa shape index (κ3) is 4.98. The lowest BCUT2D eigenvalue weighted by Crippen LogP contribution is -2.46. The molecule has 0 saturated carbocycles. The van der Waals surface area contributed by atoms with Crippen LogP contribution in [0.4, 0.5) is 0 Å². The Hall–Kier alpha value is -0.170. The molecule has 1 aromatic heterocycles. The molecule has 0 aliphatic heterocycles. The summed E-state index contributed by atoms with van der Waals surface area (Å²) in [5.74, 6) is 0. The fraction of sp³-hybridized carbons (Fsp3) is 0.714. The van der Waals surface area contributed by atoms with Crippen LogP contribution in [0.1, 0.15) is 24.8 Å². The zero-order chi connectivity index (χ0) is 15.1. The fourth-order valence-electron chi connectivity index (χ4n) is 2.38. The van der Waals surface area contributed by atoms with Crippen LogP contribution in [0.5, 0.6) is 0 Å². The monoisotopic (exact) mass is 320 g/mol. The van der Waals surface area contributed by atoms with E-state index in [0.717, 1.165) is 10.9 Å². The molecule has 0 spiro atoms. The van der Waals surface area contributed by atoms with Crippen LogP contribution in [0, 0.1) is 0 Å². The second kappa shape index (κ2) is 8.97. The SMILES string of the molecule is COCCN(C(C)COC)C(c1ccc(Cl)s1)C(C)N. The molecule has 0 aliphatic carbocycles. The van der Waals surface area contributed by atoms with Gasteiger partial charge in [-0.2, -0.15) is 0 Å². The Bertz CT molecular complexity index is 387. The lowest BCUT2D eigenvalue weighted by molar-refractivity contribution is 0.0411. The van der Waals surface area contributed by atoms with E-state index in [4.69, 9.17) is 26.8 Å². The van der Waals surface area contributed by atoms with E-state index < -0.39 is 0 Å². The van der Waals surface area contributed by atoms with E-state index in [1.807, 2.05) is 13.0 Å². The van der Waals surface area contributed by atoms with Crippen molar-refractivity contribution in [3.05, 3.63) is 21.3 Å². The van der Waals surface area contributed by atoms with E-state index >= 15 is 0 Å². The molecule has 0 aromatic carbocycles. The largest absolute Gasteiger partial charge is 0.383 e. The topological polar surface area (TPSA) is 47.7 Å². The number of halogens is 1. The minimum absolute atomic E-state index is 0.000814. The van der Waals surface area contributed by atoms with Crippen molar-refractivity contribution < 1.29 is 9.47 Å². The van der Waals surface area contributed by atoms with Crippen molar-refractivity contribution in [2.45, 2.75) is 32.0 Å². The summed E-state index contributed by atoms with van der Waals surface area (Å²) in [5.41, 5.74) is 6.22. The van der Waals surface area contributed by atoms with Gasteiger partial charge in [-0.25, -0.2) is 0 Å². The van der Waals surface area contributed by atoms with E-state index in [1.54, 1.807) is 25.6 Å². The summed E-state index contributed by atoms with van der Waals surface area (Å²) in [6.45, 7) is 6.30. The molecule has 4 nitrogen and oxygen atoms in total. The molecule has 0 aliphatic rings. The maximum absolute atomic E-state index is 6.22. The summed E-state index contributed by atoms with van der Waals surface area (Å²) in [6.07, 6.45) is 0. The molecule has 1 aromatic rings.